The Morgan fingerprint density at radius 1 is 0.579 bits per heavy atom. The molecule has 1 amide bonds. The maximum absolute atomic E-state index is 12.6. The largest absolute Gasteiger partial charge is 0.507 e. The number of amides is 1. The van der Waals surface area contributed by atoms with E-state index in [9.17, 15) is 15.0 Å². The van der Waals surface area contributed by atoms with E-state index in [1.165, 1.54) is 0 Å². The molecule has 2 rings (SSSR count). The molecule has 0 radical (unpaired) electrons. The Bertz CT molecular complexity index is 993. The van der Waals surface area contributed by atoms with Crippen LogP contribution in [-0.2, 0) is 39.3 Å². The van der Waals surface area contributed by atoms with Gasteiger partial charge in [-0.2, -0.15) is 0 Å². The monoisotopic (exact) mass is 523 g/mol. The molecule has 0 saturated carbocycles. The molecule has 0 unspecified atom stereocenters. The second-order valence-electron chi connectivity index (χ2n) is 15.1. The van der Waals surface area contributed by atoms with E-state index < -0.39 is 0 Å². The number of phenols is 2. The summed E-state index contributed by atoms with van der Waals surface area (Å²) >= 11 is 0. The van der Waals surface area contributed by atoms with Crippen molar-refractivity contribution in [3.63, 3.8) is 0 Å². The molecule has 2 N–H and O–H groups in total. The van der Waals surface area contributed by atoms with E-state index in [1.54, 1.807) is 6.92 Å². The van der Waals surface area contributed by atoms with Crippen LogP contribution in [0.4, 0.5) is 0 Å². The number of hydrogen-bond donors (Lipinski definition) is 2. The smallest absolute Gasteiger partial charge is 0.219 e. The second-order valence-corrected chi connectivity index (χ2v) is 15.1. The fourth-order valence-corrected chi connectivity index (χ4v) is 4.92. The van der Waals surface area contributed by atoms with Gasteiger partial charge in [0.05, 0.1) is 0 Å². The Kier molecular flexibility index (Phi) is 9.14. The highest BCUT2D eigenvalue weighted by atomic mass is 16.3. The molecule has 0 aliphatic heterocycles. The van der Waals surface area contributed by atoms with Crippen molar-refractivity contribution in [3.8, 4) is 11.5 Å². The van der Waals surface area contributed by atoms with Gasteiger partial charge in [0.25, 0.3) is 0 Å². The molecule has 0 atom stereocenters. The van der Waals surface area contributed by atoms with Crippen molar-refractivity contribution < 1.29 is 15.0 Å². The molecule has 0 aromatic heterocycles. The lowest BCUT2D eigenvalue weighted by atomic mass is 9.78. The van der Waals surface area contributed by atoms with Gasteiger partial charge in [0.1, 0.15) is 11.5 Å². The quantitative estimate of drug-likeness (QED) is 0.404. The summed E-state index contributed by atoms with van der Waals surface area (Å²) in [6.07, 6.45) is 1.45. The summed E-state index contributed by atoms with van der Waals surface area (Å²) in [5.74, 6) is 0.823. The number of nitrogens with zero attached hydrogens (tertiary/aromatic N) is 1. The molecule has 0 bridgehead atoms. The number of phenolic OH excluding ortho intramolecular Hbond substituents is 2. The van der Waals surface area contributed by atoms with E-state index in [1.807, 2.05) is 4.90 Å². The third kappa shape index (κ3) is 7.77. The lowest BCUT2D eigenvalue weighted by Gasteiger charge is -2.29. The number of rotatable bonds is 6. The topological polar surface area (TPSA) is 60.8 Å². The van der Waals surface area contributed by atoms with Crippen molar-refractivity contribution in [3.05, 3.63) is 57.6 Å². The highest BCUT2D eigenvalue weighted by molar-refractivity contribution is 5.73. The average molecular weight is 524 g/mol. The van der Waals surface area contributed by atoms with Gasteiger partial charge in [-0.15, -0.1) is 0 Å². The van der Waals surface area contributed by atoms with E-state index in [0.717, 1.165) is 46.2 Å². The number of carbonyl (C=O) groups is 1. The van der Waals surface area contributed by atoms with Gasteiger partial charge in [-0.1, -0.05) is 107 Å². The van der Waals surface area contributed by atoms with E-state index in [0.29, 0.717) is 24.6 Å². The van der Waals surface area contributed by atoms with E-state index in [4.69, 9.17) is 0 Å². The van der Waals surface area contributed by atoms with Crippen LogP contribution in [0.15, 0.2) is 24.3 Å². The molecule has 2 aromatic carbocycles. The molecule has 38 heavy (non-hydrogen) atoms. The van der Waals surface area contributed by atoms with Gasteiger partial charge in [-0.05, 0) is 67.9 Å². The first-order valence-electron chi connectivity index (χ1n) is 14.0. The van der Waals surface area contributed by atoms with Gasteiger partial charge in [-0.3, -0.25) is 4.79 Å². The predicted octanol–water partition coefficient (Wildman–Crippen LogP) is 7.92. The molecule has 2 aromatic rings. The van der Waals surface area contributed by atoms with Gasteiger partial charge in [0.2, 0.25) is 5.91 Å². The molecule has 0 saturated heterocycles. The summed E-state index contributed by atoms with van der Waals surface area (Å²) < 4.78 is 0. The first-order chi connectivity index (χ1) is 17.0. The van der Waals surface area contributed by atoms with Crippen LogP contribution in [0.1, 0.15) is 123 Å². The molecular weight excluding hydrogens is 470 g/mol. The van der Waals surface area contributed by atoms with Gasteiger partial charge < -0.3 is 15.1 Å². The molecule has 0 aliphatic rings. The lowest BCUT2D eigenvalue weighted by molar-refractivity contribution is -0.128. The van der Waals surface area contributed by atoms with Crippen molar-refractivity contribution in [2.75, 3.05) is 13.1 Å². The molecule has 4 heteroatoms. The van der Waals surface area contributed by atoms with Crippen LogP contribution in [0.2, 0.25) is 0 Å². The highest BCUT2D eigenvalue weighted by Crippen LogP contribution is 2.41. The van der Waals surface area contributed by atoms with Crippen LogP contribution < -0.4 is 0 Å². The third-order valence-corrected chi connectivity index (χ3v) is 7.36. The number of carbonyl (C=O) groups excluding carboxylic acids is 1. The summed E-state index contributed by atoms with van der Waals surface area (Å²) in [7, 11) is 0. The average Bonchev–Trinajstić information content (AvgIpc) is 2.71. The fourth-order valence-electron chi connectivity index (χ4n) is 4.92. The van der Waals surface area contributed by atoms with Crippen molar-refractivity contribution in [1.82, 2.24) is 4.90 Å². The van der Waals surface area contributed by atoms with Gasteiger partial charge in [0, 0.05) is 20.0 Å². The minimum atomic E-state index is -0.186. The van der Waals surface area contributed by atoms with Gasteiger partial charge >= 0.3 is 0 Å². The van der Waals surface area contributed by atoms with Crippen LogP contribution in [0.25, 0.3) is 0 Å². The highest BCUT2D eigenvalue weighted by Gasteiger charge is 2.28. The SMILES string of the molecule is CC(=O)N(CCc1cc(C(C)(C)C)c(O)c(C(C)(C)C)c1)CCc1cc(C(C)(C)C)c(O)c(C(C)(C)C)c1. The number of benzene rings is 2. The summed E-state index contributed by atoms with van der Waals surface area (Å²) in [4.78, 5) is 14.6. The first kappa shape index (κ1) is 31.7. The standard InChI is InChI=1S/C34H53NO3/c1-22(36)35(16-14-23-18-25(31(2,3)4)29(37)26(19-23)32(5,6)7)17-15-24-20-27(33(8,9)10)30(38)28(21-24)34(11,12)13/h18-21,37-38H,14-17H2,1-13H3. The Balaban J connectivity index is 2.35. The number of hydrogen-bond acceptors (Lipinski definition) is 3. The van der Waals surface area contributed by atoms with Crippen molar-refractivity contribution in [1.29, 1.82) is 0 Å². The number of aromatic hydroxyl groups is 2. The zero-order chi connectivity index (χ0) is 29.4. The molecule has 0 fully saturated rings. The lowest BCUT2D eigenvalue weighted by Crippen LogP contribution is -2.33. The zero-order valence-electron chi connectivity index (χ0n) is 26.4. The van der Waals surface area contributed by atoms with Crippen molar-refractivity contribution in [2.45, 2.75) is 125 Å². The van der Waals surface area contributed by atoms with Crippen LogP contribution in [-0.4, -0.2) is 34.1 Å². The molecule has 0 heterocycles. The normalized spacial score (nSPS) is 13.1. The van der Waals surface area contributed by atoms with E-state index in [2.05, 4.69) is 107 Å². The summed E-state index contributed by atoms with van der Waals surface area (Å²) in [5.41, 5.74) is 5.32. The molecular formula is C34H53NO3. The van der Waals surface area contributed by atoms with Gasteiger partial charge in [-0.25, -0.2) is 0 Å². The van der Waals surface area contributed by atoms with Crippen molar-refractivity contribution in [2.24, 2.45) is 0 Å². The Morgan fingerprint density at radius 2 is 0.816 bits per heavy atom. The first-order valence-corrected chi connectivity index (χ1v) is 14.0. The molecule has 212 valence electrons. The van der Waals surface area contributed by atoms with Crippen molar-refractivity contribution >= 4 is 5.91 Å². The summed E-state index contributed by atoms with van der Waals surface area (Å²) in [6, 6.07) is 8.42. The van der Waals surface area contributed by atoms with Crippen LogP contribution in [0.5, 0.6) is 11.5 Å². The van der Waals surface area contributed by atoms with Crippen LogP contribution >= 0.6 is 0 Å². The maximum Gasteiger partial charge on any atom is 0.219 e. The maximum atomic E-state index is 12.6. The fraction of sp³-hybridized carbons (Fsp3) is 0.618. The third-order valence-electron chi connectivity index (χ3n) is 7.36. The predicted molar refractivity (Wildman–Crippen MR) is 161 cm³/mol. The Hall–Kier alpha value is -2.49. The van der Waals surface area contributed by atoms with E-state index >= 15 is 0 Å². The minimum absolute atomic E-state index is 0.0572. The Morgan fingerprint density at radius 3 is 1.00 bits per heavy atom. The Labute approximate surface area is 232 Å². The van der Waals surface area contributed by atoms with Crippen LogP contribution in [0, 0.1) is 0 Å². The molecule has 0 spiro atoms. The van der Waals surface area contributed by atoms with Crippen LogP contribution in [0.3, 0.4) is 0 Å². The summed E-state index contributed by atoms with van der Waals surface area (Å²) in [5, 5.41) is 22.1. The van der Waals surface area contributed by atoms with E-state index in [-0.39, 0.29) is 27.6 Å². The zero-order valence-corrected chi connectivity index (χ0v) is 26.4. The summed E-state index contributed by atoms with van der Waals surface area (Å²) in [6.45, 7) is 28.3. The van der Waals surface area contributed by atoms with Gasteiger partial charge in [0.15, 0.2) is 0 Å². The molecule has 0 aliphatic carbocycles. The second kappa shape index (κ2) is 10.9. The minimum Gasteiger partial charge on any atom is -0.507 e. The molecule has 4 nitrogen and oxygen atoms in total.